The summed E-state index contributed by atoms with van der Waals surface area (Å²) >= 11 is 0. The number of benzene rings is 11. The maximum atomic E-state index is 6.65. The molecule has 0 unspecified atom stereocenters. The third kappa shape index (κ3) is 6.09. The topological polar surface area (TPSA) is 32.8 Å². The van der Waals surface area contributed by atoms with E-state index >= 15 is 0 Å². The van der Waals surface area contributed by atoms with Gasteiger partial charge in [0.15, 0.2) is 0 Å². The van der Waals surface area contributed by atoms with Crippen molar-refractivity contribution >= 4 is 78.0 Å². The minimum Gasteiger partial charge on any atom is -0.456 e. The predicted octanol–water partition coefficient (Wildman–Crippen LogP) is 19.1. The Kier molecular flexibility index (Phi) is 9.19. The van der Waals surface area contributed by atoms with Crippen molar-refractivity contribution < 1.29 is 8.83 Å². The Hall–Kier alpha value is -9.38. The van der Waals surface area contributed by atoms with Crippen LogP contribution in [0.3, 0.4) is 0 Å². The van der Waals surface area contributed by atoms with Gasteiger partial charge in [0.25, 0.3) is 0 Å². The monoisotopic (exact) mass is 948 g/mol. The Labute approximate surface area is 429 Å². The van der Waals surface area contributed by atoms with Crippen molar-refractivity contribution in [3.05, 3.63) is 288 Å². The maximum absolute atomic E-state index is 6.65. The van der Waals surface area contributed by atoms with Crippen molar-refractivity contribution in [1.82, 2.24) is 0 Å². The van der Waals surface area contributed by atoms with Crippen LogP contribution in [0.1, 0.15) is 47.2 Å². The van der Waals surface area contributed by atoms with E-state index in [1.165, 1.54) is 55.6 Å². The van der Waals surface area contributed by atoms with Crippen LogP contribution in [-0.4, -0.2) is 0 Å². The fourth-order valence-electron chi connectivity index (χ4n) is 12.8. The molecule has 4 nitrogen and oxygen atoms in total. The summed E-state index contributed by atoms with van der Waals surface area (Å²) in [5.41, 5.74) is 21.5. The van der Waals surface area contributed by atoms with Crippen molar-refractivity contribution in [2.75, 3.05) is 9.80 Å². The fourth-order valence-corrected chi connectivity index (χ4v) is 12.8. The summed E-state index contributed by atoms with van der Waals surface area (Å²) < 4.78 is 13.3. The first-order valence-electron chi connectivity index (χ1n) is 25.6. The van der Waals surface area contributed by atoms with Gasteiger partial charge in [-0.2, -0.15) is 0 Å². The van der Waals surface area contributed by atoms with Gasteiger partial charge in [-0.3, -0.25) is 0 Å². The van der Waals surface area contributed by atoms with Gasteiger partial charge in [-0.15, -0.1) is 0 Å². The zero-order chi connectivity index (χ0) is 49.1. The average Bonchev–Trinajstić information content (AvgIpc) is 4.18. The average molecular weight is 949 g/mol. The standard InChI is InChI=1S/C70H48N2O2/c1-69(2)59-29-13-9-25-52(59)54-38-35-49(42-61(54)69)71(51-37-40-57-56-27-11-15-32-64(56)74-67(57)44-51)47-23-17-24-48(41-47)72(63-31-18-34-66-68(63)58-28-12-16-33-65(58)73-66)50-36-39-55-53-26-10-14-30-60(53)70(62(55)43-50,45-19-5-3-6-20-45)46-21-7-4-8-22-46/h3-44H,1-2H3. The van der Waals surface area contributed by atoms with Gasteiger partial charge in [0, 0.05) is 56.1 Å². The first kappa shape index (κ1) is 42.3. The van der Waals surface area contributed by atoms with Gasteiger partial charge in [-0.25, -0.2) is 0 Å². The highest BCUT2D eigenvalue weighted by atomic mass is 16.3. The van der Waals surface area contributed by atoms with Crippen LogP contribution in [0.5, 0.6) is 0 Å². The molecule has 74 heavy (non-hydrogen) atoms. The number of nitrogens with zero attached hydrogens (tertiary/aromatic N) is 2. The van der Waals surface area contributed by atoms with E-state index in [1.807, 2.05) is 12.1 Å². The molecular weight excluding hydrogens is 901 g/mol. The number of hydrogen-bond acceptors (Lipinski definition) is 4. The first-order valence-corrected chi connectivity index (χ1v) is 25.6. The lowest BCUT2D eigenvalue weighted by Crippen LogP contribution is -2.28. The van der Waals surface area contributed by atoms with Gasteiger partial charge in [0.1, 0.15) is 22.3 Å². The molecule has 0 saturated heterocycles. The smallest absolute Gasteiger partial charge is 0.137 e. The van der Waals surface area contributed by atoms with Crippen LogP contribution in [0, 0.1) is 0 Å². The van der Waals surface area contributed by atoms with Gasteiger partial charge >= 0.3 is 0 Å². The SMILES string of the molecule is CC1(C)c2ccccc2-c2ccc(N(c3cccc(N(c4ccc5c(c4)C(c4ccccc4)(c4ccccc4)c4ccccc4-5)c4cccc5oc6ccccc6c45)c3)c3ccc4c(c3)oc3ccccc34)cc21. The lowest BCUT2D eigenvalue weighted by atomic mass is 9.67. The lowest BCUT2D eigenvalue weighted by molar-refractivity contribution is 0.660. The van der Waals surface area contributed by atoms with E-state index in [0.717, 1.165) is 78.0 Å². The van der Waals surface area contributed by atoms with Crippen molar-refractivity contribution in [1.29, 1.82) is 0 Å². The quantitative estimate of drug-likeness (QED) is 0.152. The number of fused-ring (bicyclic) bond motifs is 12. The maximum Gasteiger partial charge on any atom is 0.137 e. The van der Waals surface area contributed by atoms with E-state index in [4.69, 9.17) is 8.83 Å². The minimum atomic E-state index is -0.584. The first-order chi connectivity index (χ1) is 36.4. The van der Waals surface area contributed by atoms with Gasteiger partial charge < -0.3 is 18.6 Å². The summed E-state index contributed by atoms with van der Waals surface area (Å²) in [4.78, 5) is 4.84. The molecule has 350 valence electrons. The molecule has 2 heterocycles. The molecule has 0 bridgehead atoms. The second kappa shape index (κ2) is 16.1. The van der Waals surface area contributed by atoms with Crippen molar-refractivity contribution in [2.24, 2.45) is 0 Å². The molecule has 0 fully saturated rings. The molecule has 4 heteroatoms. The molecule has 2 aliphatic rings. The Morgan fingerprint density at radius 1 is 0.297 bits per heavy atom. The highest BCUT2D eigenvalue weighted by Gasteiger charge is 2.46. The highest BCUT2D eigenvalue weighted by molar-refractivity contribution is 6.13. The molecule has 0 aliphatic heterocycles. The van der Waals surface area contributed by atoms with Crippen LogP contribution in [-0.2, 0) is 10.8 Å². The van der Waals surface area contributed by atoms with Crippen LogP contribution >= 0.6 is 0 Å². The molecule has 11 aromatic carbocycles. The third-order valence-electron chi connectivity index (χ3n) is 16.1. The van der Waals surface area contributed by atoms with Crippen LogP contribution in [0.4, 0.5) is 34.1 Å². The summed E-state index contributed by atoms with van der Waals surface area (Å²) in [6, 6.07) is 92.9. The van der Waals surface area contributed by atoms with Crippen molar-refractivity contribution in [3.8, 4) is 22.3 Å². The number of para-hydroxylation sites is 2. The van der Waals surface area contributed by atoms with E-state index in [2.05, 4.69) is 266 Å². The van der Waals surface area contributed by atoms with Gasteiger partial charge in [-0.05, 0) is 134 Å². The zero-order valence-corrected chi connectivity index (χ0v) is 41.0. The number of hydrogen-bond donors (Lipinski definition) is 0. The molecular formula is C70H48N2O2. The van der Waals surface area contributed by atoms with E-state index in [0.29, 0.717) is 0 Å². The molecule has 0 amide bonds. The zero-order valence-electron chi connectivity index (χ0n) is 41.0. The molecule has 2 aromatic heterocycles. The van der Waals surface area contributed by atoms with Gasteiger partial charge in [0.2, 0.25) is 0 Å². The van der Waals surface area contributed by atoms with Crippen LogP contribution < -0.4 is 9.80 Å². The summed E-state index contributed by atoms with van der Waals surface area (Å²) in [7, 11) is 0. The van der Waals surface area contributed by atoms with Crippen LogP contribution in [0.25, 0.3) is 66.1 Å². The van der Waals surface area contributed by atoms with Crippen LogP contribution in [0.15, 0.2) is 264 Å². The molecule has 2 aliphatic carbocycles. The van der Waals surface area contributed by atoms with Gasteiger partial charge in [0.05, 0.1) is 16.5 Å². The molecule has 0 N–H and O–H groups in total. The number of furan rings is 2. The molecule has 15 rings (SSSR count). The molecule has 13 aromatic rings. The van der Waals surface area contributed by atoms with E-state index < -0.39 is 5.41 Å². The Morgan fingerprint density at radius 2 is 0.770 bits per heavy atom. The Balaban J connectivity index is 0.981. The molecule has 0 radical (unpaired) electrons. The summed E-state index contributed by atoms with van der Waals surface area (Å²) in [5.74, 6) is 0. The number of rotatable bonds is 8. The molecule has 0 saturated carbocycles. The molecule has 0 spiro atoms. The van der Waals surface area contributed by atoms with Crippen molar-refractivity contribution in [2.45, 2.75) is 24.7 Å². The van der Waals surface area contributed by atoms with E-state index in [9.17, 15) is 0 Å². The fraction of sp³-hybridized carbons (Fsp3) is 0.0571. The summed E-state index contributed by atoms with van der Waals surface area (Å²) in [6.45, 7) is 4.70. The van der Waals surface area contributed by atoms with E-state index in [-0.39, 0.29) is 5.41 Å². The summed E-state index contributed by atoms with van der Waals surface area (Å²) in [5, 5.41) is 4.33. The Morgan fingerprint density at radius 3 is 1.51 bits per heavy atom. The highest BCUT2D eigenvalue weighted by Crippen LogP contribution is 2.58. The minimum absolute atomic E-state index is 0.192. The third-order valence-corrected chi connectivity index (χ3v) is 16.1. The van der Waals surface area contributed by atoms with Crippen LogP contribution in [0.2, 0.25) is 0 Å². The molecule has 0 atom stereocenters. The van der Waals surface area contributed by atoms with Crippen molar-refractivity contribution in [3.63, 3.8) is 0 Å². The predicted molar refractivity (Wildman–Crippen MR) is 305 cm³/mol. The number of anilines is 6. The summed E-state index contributed by atoms with van der Waals surface area (Å²) in [6.07, 6.45) is 0. The second-order valence-corrected chi connectivity index (χ2v) is 20.4. The lowest BCUT2D eigenvalue weighted by Gasteiger charge is -2.35. The van der Waals surface area contributed by atoms with Gasteiger partial charge in [-0.1, -0.05) is 184 Å². The Bertz CT molecular complexity index is 4330. The van der Waals surface area contributed by atoms with E-state index in [1.54, 1.807) is 0 Å². The largest absolute Gasteiger partial charge is 0.456 e. The second-order valence-electron chi connectivity index (χ2n) is 20.4. The normalized spacial score (nSPS) is 13.8.